The van der Waals surface area contributed by atoms with E-state index in [1.54, 1.807) is 0 Å². The maximum atomic E-state index is 4.73. The van der Waals surface area contributed by atoms with E-state index in [0.29, 0.717) is 11.9 Å². The van der Waals surface area contributed by atoms with Crippen molar-refractivity contribution >= 4 is 30.8 Å². The number of allylic oxidation sites excluding steroid dienone is 3. The number of hydrogen-bond acceptors (Lipinski definition) is 7. The van der Waals surface area contributed by atoms with Crippen LogP contribution in [-0.4, -0.2) is 67.9 Å². The van der Waals surface area contributed by atoms with Crippen molar-refractivity contribution in [3.8, 4) is 0 Å². The van der Waals surface area contributed by atoms with Gasteiger partial charge in [-0.05, 0) is 73.5 Å². The standard InChI is InChI=1S/C27H38BN7/c1-19(22-10-11-22)16-25(29-3)32-26-24(28)18-30-27(33-26)31-23-7-5-6-21(17-23)9-8-20(2)35-14-12-34(4)13-15-35/h5-7,16-18,22,29H,1-2,8-15,28H2,3-4H3,(H2,30,31,32,33)/b25-16+. The molecule has 0 spiro atoms. The van der Waals surface area contributed by atoms with Gasteiger partial charge in [0.25, 0.3) is 0 Å². The molecule has 2 aromatic rings. The zero-order valence-corrected chi connectivity index (χ0v) is 21.4. The number of anilines is 3. The Balaban J connectivity index is 1.37. The number of rotatable bonds is 11. The van der Waals surface area contributed by atoms with E-state index in [0.717, 1.165) is 67.4 Å². The van der Waals surface area contributed by atoms with Crippen molar-refractivity contribution < 1.29 is 0 Å². The lowest BCUT2D eigenvalue weighted by Gasteiger charge is -2.35. The molecule has 2 heterocycles. The zero-order valence-electron chi connectivity index (χ0n) is 21.4. The number of hydrogen-bond donors (Lipinski definition) is 3. The number of aromatic nitrogens is 2. The summed E-state index contributed by atoms with van der Waals surface area (Å²) in [5, 5.41) is 9.98. The monoisotopic (exact) mass is 471 g/mol. The molecule has 1 aromatic heterocycles. The Hall–Kier alpha value is -3.26. The first-order chi connectivity index (χ1) is 16.9. The lowest BCUT2D eigenvalue weighted by atomic mass is 9.99. The summed E-state index contributed by atoms with van der Waals surface area (Å²) in [6, 6.07) is 8.47. The SMILES string of the molecule is Bc1cnc(Nc2cccc(CCC(=C)N3CCN(C)CC3)c2)nc1N/C(=C/C(=C)C1CC1)NC. The summed E-state index contributed by atoms with van der Waals surface area (Å²) >= 11 is 0. The molecule has 4 rings (SSSR count). The lowest BCUT2D eigenvalue weighted by molar-refractivity contribution is 0.183. The normalized spacial score (nSPS) is 16.6. The van der Waals surface area contributed by atoms with Crippen LogP contribution in [0, 0.1) is 5.92 Å². The van der Waals surface area contributed by atoms with Crippen LogP contribution in [0.25, 0.3) is 0 Å². The third-order valence-corrected chi connectivity index (χ3v) is 6.76. The topological polar surface area (TPSA) is 68.4 Å². The molecule has 0 amide bonds. The lowest BCUT2D eigenvalue weighted by Crippen LogP contribution is -2.43. The Bertz CT molecular complexity index is 1080. The zero-order chi connectivity index (χ0) is 24.8. The largest absolute Gasteiger partial charge is 0.375 e. The highest BCUT2D eigenvalue weighted by molar-refractivity contribution is 6.35. The molecule has 2 fully saturated rings. The van der Waals surface area contributed by atoms with Gasteiger partial charge in [0.2, 0.25) is 5.95 Å². The molecular weight excluding hydrogens is 433 g/mol. The van der Waals surface area contributed by atoms with E-state index in [4.69, 9.17) is 4.98 Å². The molecule has 0 bridgehead atoms. The van der Waals surface area contributed by atoms with Crippen LogP contribution in [0.2, 0.25) is 0 Å². The molecule has 0 atom stereocenters. The Morgan fingerprint density at radius 2 is 1.97 bits per heavy atom. The summed E-state index contributed by atoms with van der Waals surface area (Å²) < 4.78 is 0. The molecule has 1 aliphatic heterocycles. The molecule has 2 aliphatic rings. The highest BCUT2D eigenvalue weighted by Gasteiger charge is 2.23. The second kappa shape index (κ2) is 11.4. The number of nitrogens with zero attached hydrogens (tertiary/aromatic N) is 4. The summed E-state index contributed by atoms with van der Waals surface area (Å²) in [5.74, 6) is 2.84. The number of aryl methyl sites for hydroxylation is 1. The Kier molecular flexibility index (Phi) is 8.13. The minimum Gasteiger partial charge on any atom is -0.375 e. The fourth-order valence-electron chi connectivity index (χ4n) is 4.19. The minimum atomic E-state index is 0.563. The second-order valence-corrected chi connectivity index (χ2v) is 9.69. The van der Waals surface area contributed by atoms with Gasteiger partial charge < -0.3 is 25.8 Å². The molecule has 0 unspecified atom stereocenters. The van der Waals surface area contributed by atoms with Crippen molar-refractivity contribution in [1.82, 2.24) is 25.1 Å². The second-order valence-electron chi connectivity index (χ2n) is 9.69. The Morgan fingerprint density at radius 1 is 1.20 bits per heavy atom. The third kappa shape index (κ3) is 7.12. The third-order valence-electron chi connectivity index (χ3n) is 6.76. The van der Waals surface area contributed by atoms with Gasteiger partial charge in [-0.3, -0.25) is 0 Å². The predicted octanol–water partition coefficient (Wildman–Crippen LogP) is 2.61. The number of benzene rings is 1. The molecule has 1 saturated heterocycles. The molecular formula is C27H38BN7. The van der Waals surface area contributed by atoms with Crippen molar-refractivity contribution in [1.29, 1.82) is 0 Å². The molecule has 35 heavy (non-hydrogen) atoms. The molecule has 0 radical (unpaired) electrons. The summed E-state index contributed by atoms with van der Waals surface area (Å²) in [6.45, 7) is 12.9. The van der Waals surface area contributed by atoms with E-state index in [1.807, 2.05) is 27.2 Å². The van der Waals surface area contributed by atoms with Crippen LogP contribution in [0.1, 0.15) is 24.8 Å². The van der Waals surface area contributed by atoms with Crippen LogP contribution in [0.5, 0.6) is 0 Å². The van der Waals surface area contributed by atoms with Crippen LogP contribution in [0.3, 0.4) is 0 Å². The first-order valence-electron chi connectivity index (χ1n) is 12.6. The number of piperazine rings is 1. The van der Waals surface area contributed by atoms with Crippen molar-refractivity contribution in [3.63, 3.8) is 0 Å². The molecule has 1 aromatic carbocycles. The summed E-state index contributed by atoms with van der Waals surface area (Å²) in [5.41, 5.74) is 5.61. The smallest absolute Gasteiger partial charge is 0.229 e. The van der Waals surface area contributed by atoms with Crippen molar-refractivity contribution in [2.45, 2.75) is 25.7 Å². The molecule has 1 aliphatic carbocycles. The summed E-state index contributed by atoms with van der Waals surface area (Å²) in [4.78, 5) is 14.0. The summed E-state index contributed by atoms with van der Waals surface area (Å²) in [7, 11) is 6.08. The molecule has 7 nitrogen and oxygen atoms in total. The van der Waals surface area contributed by atoms with Crippen LogP contribution < -0.4 is 21.4 Å². The highest BCUT2D eigenvalue weighted by atomic mass is 15.2. The van der Waals surface area contributed by atoms with E-state index in [-0.39, 0.29) is 0 Å². The van der Waals surface area contributed by atoms with Gasteiger partial charge in [0, 0.05) is 50.8 Å². The van der Waals surface area contributed by atoms with Gasteiger partial charge in [-0.2, -0.15) is 4.98 Å². The average Bonchev–Trinajstić information content (AvgIpc) is 3.70. The first-order valence-corrected chi connectivity index (χ1v) is 12.6. The van der Waals surface area contributed by atoms with E-state index in [1.165, 1.54) is 24.1 Å². The van der Waals surface area contributed by atoms with Crippen molar-refractivity contribution in [2.24, 2.45) is 5.92 Å². The van der Waals surface area contributed by atoms with Crippen LogP contribution >= 0.6 is 0 Å². The summed E-state index contributed by atoms with van der Waals surface area (Å²) in [6.07, 6.45) is 8.30. The van der Waals surface area contributed by atoms with Crippen LogP contribution in [-0.2, 0) is 6.42 Å². The first kappa shape index (κ1) is 24.9. The van der Waals surface area contributed by atoms with Gasteiger partial charge >= 0.3 is 0 Å². The van der Waals surface area contributed by atoms with Gasteiger partial charge in [-0.15, -0.1) is 0 Å². The molecule has 3 N–H and O–H groups in total. The van der Waals surface area contributed by atoms with Gasteiger partial charge in [0.15, 0.2) is 0 Å². The van der Waals surface area contributed by atoms with Crippen molar-refractivity contribution in [3.05, 3.63) is 72.4 Å². The molecule has 8 heteroatoms. The predicted molar refractivity (Wildman–Crippen MR) is 149 cm³/mol. The van der Waals surface area contributed by atoms with E-state index in [9.17, 15) is 0 Å². The minimum absolute atomic E-state index is 0.563. The van der Waals surface area contributed by atoms with Gasteiger partial charge in [0.05, 0.1) is 0 Å². The number of likely N-dealkylation sites (N-methyl/N-ethyl adjacent to an activating group) is 1. The van der Waals surface area contributed by atoms with Crippen molar-refractivity contribution in [2.75, 3.05) is 50.9 Å². The fraction of sp³-hybridized carbons (Fsp3) is 0.407. The van der Waals surface area contributed by atoms with Gasteiger partial charge in [-0.25, -0.2) is 4.98 Å². The quantitative estimate of drug-likeness (QED) is 0.344. The van der Waals surface area contributed by atoms with Crippen LogP contribution in [0.15, 0.2) is 66.8 Å². The maximum Gasteiger partial charge on any atom is 0.229 e. The average molecular weight is 471 g/mol. The van der Waals surface area contributed by atoms with Gasteiger partial charge in [-0.1, -0.05) is 25.3 Å². The van der Waals surface area contributed by atoms with E-state index >= 15 is 0 Å². The Morgan fingerprint density at radius 3 is 2.69 bits per heavy atom. The maximum absolute atomic E-state index is 4.73. The fourth-order valence-corrected chi connectivity index (χ4v) is 4.19. The van der Waals surface area contributed by atoms with Gasteiger partial charge in [0.1, 0.15) is 19.5 Å². The molecule has 1 saturated carbocycles. The number of nitrogens with one attached hydrogen (secondary N) is 3. The van der Waals surface area contributed by atoms with Crippen LogP contribution in [0.4, 0.5) is 17.5 Å². The Labute approximate surface area is 210 Å². The van der Waals surface area contributed by atoms with E-state index < -0.39 is 0 Å². The highest BCUT2D eigenvalue weighted by Crippen LogP contribution is 2.36. The van der Waals surface area contributed by atoms with E-state index in [2.05, 4.69) is 75.2 Å². The molecule has 184 valence electrons.